The molecule has 3 aromatic rings. The lowest BCUT2D eigenvalue weighted by atomic mass is 10.1. The van der Waals surface area contributed by atoms with Crippen LogP contribution in [0.2, 0.25) is 0 Å². The number of para-hydroxylation sites is 1. The summed E-state index contributed by atoms with van der Waals surface area (Å²) >= 11 is 0. The molecule has 106 valence electrons. The van der Waals surface area contributed by atoms with Crippen LogP contribution in [0.3, 0.4) is 0 Å². The first-order valence-electron chi connectivity index (χ1n) is 7.01. The highest BCUT2D eigenvalue weighted by molar-refractivity contribution is 5.80. The quantitative estimate of drug-likeness (QED) is 0.644. The number of aromatic amines is 1. The van der Waals surface area contributed by atoms with E-state index in [2.05, 4.69) is 21.4 Å². The van der Waals surface area contributed by atoms with Crippen molar-refractivity contribution in [3.8, 4) is 5.75 Å². The van der Waals surface area contributed by atoms with E-state index in [1.54, 1.807) is 0 Å². The zero-order chi connectivity index (χ0) is 14.2. The van der Waals surface area contributed by atoms with Crippen molar-refractivity contribution in [3.63, 3.8) is 0 Å². The zero-order valence-corrected chi connectivity index (χ0v) is 11.5. The molecule has 5 heteroatoms. The van der Waals surface area contributed by atoms with Gasteiger partial charge in [-0.15, -0.1) is 0 Å². The van der Waals surface area contributed by atoms with Crippen molar-refractivity contribution in [2.75, 3.05) is 17.6 Å². The van der Waals surface area contributed by atoms with Crippen LogP contribution in [0.15, 0.2) is 42.5 Å². The van der Waals surface area contributed by atoms with Crippen LogP contribution in [0, 0.1) is 0 Å². The summed E-state index contributed by atoms with van der Waals surface area (Å²) in [4.78, 5) is 7.71. The van der Waals surface area contributed by atoms with Gasteiger partial charge in [-0.05, 0) is 29.8 Å². The summed E-state index contributed by atoms with van der Waals surface area (Å²) < 4.78 is 5.90. The molecule has 0 fully saturated rings. The van der Waals surface area contributed by atoms with E-state index < -0.39 is 0 Å². The monoisotopic (exact) mass is 280 g/mol. The number of H-pyrrole nitrogens is 1. The number of hydrogen-bond donors (Lipinski definition) is 3. The molecule has 0 saturated carbocycles. The maximum atomic E-state index is 5.90. The number of benzene rings is 2. The van der Waals surface area contributed by atoms with Crippen LogP contribution in [-0.4, -0.2) is 22.6 Å². The largest absolute Gasteiger partial charge is 0.488 e. The standard InChI is InChI=1S/C16H16N4O/c17-11-5-6-13-14(8-11)20-16(19-13)18-9-12-7-10-3-1-2-4-15(10)21-12/h1-6,8,12H,7,9,17H2,(H2,18,19,20). The van der Waals surface area contributed by atoms with Gasteiger partial charge in [-0.25, -0.2) is 4.98 Å². The van der Waals surface area contributed by atoms with Crippen LogP contribution in [0.5, 0.6) is 5.75 Å². The number of nitrogens with one attached hydrogen (secondary N) is 2. The molecule has 1 aromatic heterocycles. The maximum absolute atomic E-state index is 5.90. The number of imidazole rings is 1. The molecule has 0 radical (unpaired) electrons. The maximum Gasteiger partial charge on any atom is 0.201 e. The van der Waals surface area contributed by atoms with E-state index in [0.717, 1.165) is 34.8 Å². The van der Waals surface area contributed by atoms with Gasteiger partial charge in [-0.3, -0.25) is 0 Å². The Hall–Kier alpha value is -2.69. The molecule has 1 aliphatic rings. The first-order chi connectivity index (χ1) is 10.3. The van der Waals surface area contributed by atoms with Gasteiger partial charge in [-0.2, -0.15) is 0 Å². The number of fused-ring (bicyclic) bond motifs is 2. The highest BCUT2D eigenvalue weighted by Crippen LogP contribution is 2.28. The third kappa shape index (κ3) is 2.27. The van der Waals surface area contributed by atoms with Crippen molar-refractivity contribution in [1.29, 1.82) is 0 Å². The van der Waals surface area contributed by atoms with Crippen LogP contribution in [-0.2, 0) is 6.42 Å². The van der Waals surface area contributed by atoms with Crippen LogP contribution in [0.4, 0.5) is 11.6 Å². The van der Waals surface area contributed by atoms with Gasteiger partial charge in [-0.1, -0.05) is 18.2 Å². The van der Waals surface area contributed by atoms with E-state index in [4.69, 9.17) is 10.5 Å². The SMILES string of the molecule is Nc1ccc2nc(NCC3Cc4ccccc4O3)[nH]c2c1. The lowest BCUT2D eigenvalue weighted by Crippen LogP contribution is -2.24. The normalized spacial score (nSPS) is 16.7. The van der Waals surface area contributed by atoms with Gasteiger partial charge >= 0.3 is 0 Å². The van der Waals surface area contributed by atoms with Gasteiger partial charge in [0.05, 0.1) is 17.6 Å². The van der Waals surface area contributed by atoms with Gasteiger partial charge in [0, 0.05) is 12.1 Å². The van der Waals surface area contributed by atoms with Gasteiger partial charge in [0.1, 0.15) is 11.9 Å². The summed E-state index contributed by atoms with van der Waals surface area (Å²) in [6, 6.07) is 13.8. The molecule has 1 aliphatic heterocycles. The van der Waals surface area contributed by atoms with Crippen molar-refractivity contribution in [1.82, 2.24) is 9.97 Å². The molecule has 0 saturated heterocycles. The molecule has 0 bridgehead atoms. The molecular formula is C16H16N4O. The van der Waals surface area contributed by atoms with Crippen LogP contribution in [0.25, 0.3) is 11.0 Å². The molecule has 0 aliphatic carbocycles. The highest BCUT2D eigenvalue weighted by Gasteiger charge is 2.22. The lowest BCUT2D eigenvalue weighted by molar-refractivity contribution is 0.246. The van der Waals surface area contributed by atoms with Crippen LogP contribution >= 0.6 is 0 Å². The topological polar surface area (TPSA) is 76.0 Å². The summed E-state index contributed by atoms with van der Waals surface area (Å²) in [7, 11) is 0. The first kappa shape index (κ1) is 12.1. The fraction of sp³-hybridized carbons (Fsp3) is 0.188. The molecule has 5 nitrogen and oxygen atoms in total. The smallest absolute Gasteiger partial charge is 0.201 e. The Morgan fingerprint density at radius 1 is 1.29 bits per heavy atom. The second-order valence-electron chi connectivity index (χ2n) is 5.29. The molecule has 4 N–H and O–H groups in total. The number of ether oxygens (including phenoxy) is 1. The highest BCUT2D eigenvalue weighted by atomic mass is 16.5. The average molecular weight is 280 g/mol. The second kappa shape index (κ2) is 4.70. The molecular weight excluding hydrogens is 264 g/mol. The van der Waals surface area contributed by atoms with Gasteiger partial charge < -0.3 is 20.8 Å². The summed E-state index contributed by atoms with van der Waals surface area (Å²) in [6.07, 6.45) is 1.07. The molecule has 0 amide bonds. The molecule has 4 rings (SSSR count). The summed E-state index contributed by atoms with van der Waals surface area (Å²) in [5.41, 5.74) is 9.60. The number of hydrogen-bond acceptors (Lipinski definition) is 4. The minimum absolute atomic E-state index is 0.140. The van der Waals surface area contributed by atoms with E-state index in [1.807, 2.05) is 36.4 Å². The first-order valence-corrected chi connectivity index (χ1v) is 7.01. The Bertz CT molecular complexity index is 771. The van der Waals surface area contributed by atoms with E-state index in [0.29, 0.717) is 6.54 Å². The molecule has 21 heavy (non-hydrogen) atoms. The summed E-state index contributed by atoms with van der Waals surface area (Å²) in [5.74, 6) is 1.73. The van der Waals surface area contributed by atoms with E-state index in [9.17, 15) is 0 Å². The Morgan fingerprint density at radius 2 is 2.19 bits per heavy atom. The summed E-state index contributed by atoms with van der Waals surface area (Å²) in [6.45, 7) is 0.712. The predicted octanol–water partition coefficient (Wildman–Crippen LogP) is 2.56. The number of anilines is 2. The third-order valence-corrected chi connectivity index (χ3v) is 3.72. The third-order valence-electron chi connectivity index (χ3n) is 3.72. The van der Waals surface area contributed by atoms with Crippen molar-refractivity contribution < 1.29 is 4.74 Å². The Labute approximate surface area is 122 Å². The molecule has 0 spiro atoms. The van der Waals surface area contributed by atoms with Crippen molar-refractivity contribution in [3.05, 3.63) is 48.0 Å². The number of nitrogen functional groups attached to an aromatic ring is 1. The van der Waals surface area contributed by atoms with Gasteiger partial charge in [0.25, 0.3) is 0 Å². The Balaban J connectivity index is 1.45. The number of nitrogens with zero attached hydrogens (tertiary/aromatic N) is 1. The van der Waals surface area contributed by atoms with Gasteiger partial charge in [0.2, 0.25) is 5.95 Å². The minimum Gasteiger partial charge on any atom is -0.488 e. The molecule has 2 heterocycles. The fourth-order valence-corrected chi connectivity index (χ4v) is 2.69. The van der Waals surface area contributed by atoms with E-state index in [-0.39, 0.29) is 6.10 Å². The lowest BCUT2D eigenvalue weighted by Gasteiger charge is -2.10. The summed E-state index contributed by atoms with van der Waals surface area (Å²) in [5, 5.41) is 3.30. The fourth-order valence-electron chi connectivity index (χ4n) is 2.69. The van der Waals surface area contributed by atoms with Crippen LogP contribution in [0.1, 0.15) is 5.56 Å². The Morgan fingerprint density at radius 3 is 3.10 bits per heavy atom. The molecule has 1 atom stereocenters. The second-order valence-corrected chi connectivity index (χ2v) is 5.29. The Kier molecular flexibility index (Phi) is 2.70. The van der Waals surface area contributed by atoms with Crippen molar-refractivity contribution >= 4 is 22.7 Å². The average Bonchev–Trinajstić information content (AvgIpc) is 3.07. The molecule has 1 unspecified atom stereocenters. The van der Waals surface area contributed by atoms with Crippen molar-refractivity contribution in [2.45, 2.75) is 12.5 Å². The van der Waals surface area contributed by atoms with Crippen molar-refractivity contribution in [2.24, 2.45) is 0 Å². The van der Waals surface area contributed by atoms with E-state index in [1.165, 1.54) is 5.56 Å². The zero-order valence-electron chi connectivity index (χ0n) is 11.5. The predicted molar refractivity (Wildman–Crippen MR) is 83.6 cm³/mol. The molecule has 2 aromatic carbocycles. The number of aromatic nitrogens is 2. The number of nitrogens with two attached hydrogens (primary N) is 1. The number of rotatable bonds is 3. The minimum atomic E-state index is 0.140. The van der Waals surface area contributed by atoms with E-state index >= 15 is 0 Å². The van der Waals surface area contributed by atoms with Gasteiger partial charge in [0.15, 0.2) is 0 Å². The van der Waals surface area contributed by atoms with Crippen LogP contribution < -0.4 is 15.8 Å².